The van der Waals surface area contributed by atoms with Gasteiger partial charge < -0.3 is 0 Å². The van der Waals surface area contributed by atoms with Gasteiger partial charge in [-0.1, -0.05) is 48.5 Å². The third kappa shape index (κ3) is 6.18. The van der Waals surface area contributed by atoms with Crippen LogP contribution in [0.4, 0.5) is 0 Å². The molecule has 0 saturated carbocycles. The molecule has 0 aliphatic rings. The van der Waals surface area contributed by atoms with Gasteiger partial charge in [0, 0.05) is 47.9 Å². The van der Waals surface area contributed by atoms with Gasteiger partial charge in [0.15, 0.2) is 12.4 Å². The highest BCUT2D eigenvalue weighted by atomic mass is 14.9. The van der Waals surface area contributed by atoms with Gasteiger partial charge in [-0.3, -0.25) is 0 Å². The number of unbranched alkanes of at least 4 members (excludes halogenated alkanes) is 4. The summed E-state index contributed by atoms with van der Waals surface area (Å²) in [7, 11) is 0. The Hall–Kier alpha value is -3.52. The molecule has 0 saturated heterocycles. The highest BCUT2D eigenvalue weighted by Crippen LogP contribution is 2.17. The summed E-state index contributed by atoms with van der Waals surface area (Å²) < 4.78 is 4.81. The molecule has 0 aliphatic heterocycles. The van der Waals surface area contributed by atoms with E-state index in [1.165, 1.54) is 73.2 Å². The fraction of sp³-hybridized carbons (Fsp3) is 0.294. The molecule has 0 amide bonds. The first-order chi connectivity index (χ1) is 17.9. The minimum absolute atomic E-state index is 1.09. The summed E-state index contributed by atoms with van der Waals surface area (Å²) in [4.78, 5) is 0. The van der Waals surface area contributed by atoms with Crippen molar-refractivity contribution in [1.82, 2.24) is 0 Å². The van der Waals surface area contributed by atoms with Crippen LogP contribution in [0.15, 0.2) is 109 Å². The topological polar surface area (TPSA) is 7.76 Å². The van der Waals surface area contributed by atoms with Gasteiger partial charge in [0.1, 0.15) is 13.1 Å². The summed E-state index contributed by atoms with van der Waals surface area (Å²) in [5.41, 5.74) is 5.78. The van der Waals surface area contributed by atoms with Gasteiger partial charge in [-0.15, -0.1) is 0 Å². The zero-order valence-corrected chi connectivity index (χ0v) is 21.4. The maximum absolute atomic E-state index is 2.40. The van der Waals surface area contributed by atoms with Gasteiger partial charge in [0.05, 0.1) is 0 Å². The van der Waals surface area contributed by atoms with Crippen LogP contribution >= 0.6 is 0 Å². The van der Waals surface area contributed by atoms with Gasteiger partial charge in [-0.2, -0.15) is 9.13 Å². The molecule has 182 valence electrons. The van der Waals surface area contributed by atoms with E-state index in [1.807, 2.05) is 0 Å². The number of aromatic nitrogens is 2. The second-order valence-corrected chi connectivity index (χ2v) is 9.91. The minimum Gasteiger partial charge on any atom is -0.198 e. The van der Waals surface area contributed by atoms with Crippen molar-refractivity contribution in [1.29, 1.82) is 0 Å². The molecule has 2 aromatic heterocycles. The van der Waals surface area contributed by atoms with Crippen LogP contribution < -0.4 is 9.13 Å². The predicted molar refractivity (Wildman–Crippen MR) is 150 cm³/mol. The maximum Gasteiger partial charge on any atom is 0.212 e. The molecule has 0 spiro atoms. The zero-order chi connectivity index (χ0) is 24.4. The van der Waals surface area contributed by atoms with Crippen molar-refractivity contribution in [3.8, 4) is 0 Å². The Balaban J connectivity index is 1.05. The van der Waals surface area contributed by atoms with Gasteiger partial charge >= 0.3 is 0 Å². The van der Waals surface area contributed by atoms with E-state index in [9.17, 15) is 0 Å². The maximum atomic E-state index is 2.40. The number of nitrogens with zero attached hydrogens (tertiary/aromatic N) is 2. The Kier molecular flexibility index (Phi) is 8.36. The van der Waals surface area contributed by atoms with Crippen LogP contribution in [0.5, 0.6) is 0 Å². The van der Waals surface area contributed by atoms with E-state index >= 15 is 0 Å². The molecule has 0 atom stereocenters. The fourth-order valence-corrected chi connectivity index (χ4v) is 5.43. The number of fused-ring (bicyclic) bond motifs is 2. The van der Waals surface area contributed by atoms with Crippen LogP contribution in [-0.4, -0.2) is 0 Å². The standard InChI is InChI=1S/C34H38N2/c1(11-25-35-27-13-21-31-19-7-9-23-33(31)35)3-15-29-17-5-6-18-30(29)16-4-2-12-26-36-28-14-22-32-20-8-10-24-34(32)36/h5-10,13-14,17-24,27-28H,1-4,11-12,15-16,25-26H2/q+2. The van der Waals surface area contributed by atoms with Crippen molar-refractivity contribution in [2.75, 3.05) is 0 Å². The van der Waals surface area contributed by atoms with Crippen molar-refractivity contribution < 1.29 is 9.13 Å². The molecule has 3 aromatic carbocycles. The number of rotatable bonds is 12. The lowest BCUT2D eigenvalue weighted by Crippen LogP contribution is -2.33. The molecule has 0 radical (unpaired) electrons. The van der Waals surface area contributed by atoms with Crippen molar-refractivity contribution in [3.63, 3.8) is 0 Å². The van der Waals surface area contributed by atoms with Crippen LogP contribution in [0.3, 0.4) is 0 Å². The first-order valence-corrected chi connectivity index (χ1v) is 13.7. The molecule has 0 bridgehead atoms. The van der Waals surface area contributed by atoms with Gasteiger partial charge in [0.2, 0.25) is 11.0 Å². The first-order valence-electron chi connectivity index (χ1n) is 13.7. The van der Waals surface area contributed by atoms with Crippen LogP contribution in [0.2, 0.25) is 0 Å². The summed E-state index contributed by atoms with van der Waals surface area (Å²) >= 11 is 0. The third-order valence-corrected chi connectivity index (χ3v) is 7.38. The Bertz CT molecular complexity index is 1290. The predicted octanol–water partition coefficient (Wildman–Crippen LogP) is 7.39. The van der Waals surface area contributed by atoms with Gasteiger partial charge in [-0.05, 0) is 73.9 Å². The molecule has 0 aliphatic carbocycles. The number of aryl methyl sites for hydroxylation is 4. The summed E-state index contributed by atoms with van der Waals surface area (Å²) in [5.74, 6) is 0. The average molecular weight is 475 g/mol. The third-order valence-electron chi connectivity index (χ3n) is 7.38. The Morgan fingerprint density at radius 2 is 0.806 bits per heavy atom. The van der Waals surface area contributed by atoms with E-state index < -0.39 is 0 Å². The van der Waals surface area contributed by atoms with E-state index in [0.29, 0.717) is 0 Å². The van der Waals surface area contributed by atoms with Crippen molar-refractivity contribution in [2.45, 2.75) is 64.5 Å². The summed E-state index contributed by atoms with van der Waals surface area (Å²) in [6.45, 7) is 2.19. The van der Waals surface area contributed by atoms with E-state index in [2.05, 4.69) is 119 Å². The van der Waals surface area contributed by atoms with Crippen molar-refractivity contribution in [2.24, 2.45) is 0 Å². The largest absolute Gasteiger partial charge is 0.212 e. The van der Waals surface area contributed by atoms with E-state index in [1.54, 1.807) is 11.1 Å². The number of benzene rings is 3. The number of hydrogen-bond acceptors (Lipinski definition) is 0. The Morgan fingerprint density at radius 3 is 1.31 bits per heavy atom. The molecule has 0 unspecified atom stereocenters. The average Bonchev–Trinajstić information content (AvgIpc) is 2.93. The SMILES string of the molecule is c1ccc(CCCCC[n+]2cccc3ccccc32)c(CCCCC[n+]2cccc3ccccc32)c1. The van der Waals surface area contributed by atoms with Gasteiger partial charge in [-0.25, -0.2) is 0 Å². The molecular formula is C34H38N2+2. The van der Waals surface area contributed by atoms with Crippen molar-refractivity contribution in [3.05, 3.63) is 121 Å². The minimum atomic E-state index is 1.09. The van der Waals surface area contributed by atoms with E-state index in [0.717, 1.165) is 13.1 Å². The molecule has 2 heteroatoms. The Morgan fingerprint density at radius 1 is 0.389 bits per heavy atom. The highest BCUT2D eigenvalue weighted by molar-refractivity contribution is 5.75. The molecule has 2 heterocycles. The molecule has 0 N–H and O–H groups in total. The van der Waals surface area contributed by atoms with Crippen LogP contribution in [0, 0.1) is 0 Å². The van der Waals surface area contributed by atoms with Crippen LogP contribution in [0.25, 0.3) is 21.8 Å². The monoisotopic (exact) mass is 474 g/mol. The second kappa shape index (κ2) is 12.4. The molecule has 5 rings (SSSR count). The number of hydrogen-bond donors (Lipinski definition) is 0. The summed E-state index contributed by atoms with van der Waals surface area (Å²) in [6.07, 6.45) is 14.4. The van der Waals surface area contributed by atoms with E-state index in [-0.39, 0.29) is 0 Å². The van der Waals surface area contributed by atoms with Crippen molar-refractivity contribution >= 4 is 21.8 Å². The van der Waals surface area contributed by atoms with Gasteiger partial charge in [0.25, 0.3) is 0 Å². The molecular weight excluding hydrogens is 436 g/mol. The molecule has 2 nitrogen and oxygen atoms in total. The quantitative estimate of drug-likeness (QED) is 0.131. The lowest BCUT2D eigenvalue weighted by atomic mass is 9.97. The second-order valence-electron chi connectivity index (χ2n) is 9.91. The Labute approximate surface area is 215 Å². The lowest BCUT2D eigenvalue weighted by molar-refractivity contribution is -0.672. The van der Waals surface area contributed by atoms with Crippen LogP contribution in [0.1, 0.15) is 49.7 Å². The molecule has 0 fully saturated rings. The zero-order valence-electron chi connectivity index (χ0n) is 21.4. The first kappa shape index (κ1) is 24.2. The number of para-hydroxylation sites is 2. The fourth-order valence-electron chi connectivity index (χ4n) is 5.43. The normalized spacial score (nSPS) is 11.3. The van der Waals surface area contributed by atoms with Crippen LogP contribution in [-0.2, 0) is 25.9 Å². The number of pyridine rings is 2. The van der Waals surface area contributed by atoms with E-state index in [4.69, 9.17) is 0 Å². The summed E-state index contributed by atoms with van der Waals surface area (Å²) in [6, 6.07) is 35.2. The molecule has 36 heavy (non-hydrogen) atoms. The highest BCUT2D eigenvalue weighted by Gasteiger charge is 2.09. The summed E-state index contributed by atoms with van der Waals surface area (Å²) in [5, 5.41) is 2.65. The lowest BCUT2D eigenvalue weighted by Gasteiger charge is -2.09. The molecule has 5 aromatic rings. The smallest absolute Gasteiger partial charge is 0.198 e.